The summed E-state index contributed by atoms with van der Waals surface area (Å²) in [6.07, 6.45) is 5.32. The zero-order valence-electron chi connectivity index (χ0n) is 14.7. The van der Waals surface area contributed by atoms with Gasteiger partial charge in [-0.2, -0.15) is 0 Å². The maximum atomic E-state index is 5.45. The number of hydrogen-bond acceptors (Lipinski definition) is 6. The van der Waals surface area contributed by atoms with E-state index in [9.17, 15) is 0 Å². The van der Waals surface area contributed by atoms with E-state index < -0.39 is 0 Å². The molecule has 1 aliphatic rings. The van der Waals surface area contributed by atoms with Gasteiger partial charge in [-0.15, -0.1) is 10.2 Å². The highest BCUT2D eigenvalue weighted by atomic mass is 16.7. The number of nitrogens with zero attached hydrogens (tertiary/aromatic N) is 4. The number of ether oxygens (including phenoxy) is 2. The van der Waals surface area contributed by atoms with Crippen molar-refractivity contribution in [2.75, 3.05) is 12.1 Å². The van der Waals surface area contributed by atoms with Crippen LogP contribution in [0.15, 0.2) is 55.1 Å². The second-order valence-corrected chi connectivity index (χ2v) is 6.43. The van der Waals surface area contributed by atoms with Crippen LogP contribution >= 0.6 is 0 Å². The molecule has 134 valence electrons. The van der Waals surface area contributed by atoms with Gasteiger partial charge in [-0.3, -0.25) is 4.57 Å². The zero-order chi connectivity index (χ0) is 18.2. The highest BCUT2D eigenvalue weighted by Gasteiger charge is 2.14. The number of hydrogen-bond donors (Lipinski definition) is 1. The number of fused-ring (bicyclic) bond motifs is 2. The Kier molecular flexibility index (Phi) is 3.64. The lowest BCUT2D eigenvalue weighted by atomic mass is 10.1. The van der Waals surface area contributed by atoms with Crippen LogP contribution in [0.2, 0.25) is 0 Å². The molecule has 2 aromatic carbocycles. The summed E-state index contributed by atoms with van der Waals surface area (Å²) >= 11 is 0. The van der Waals surface area contributed by atoms with E-state index in [2.05, 4.69) is 45.6 Å². The number of aromatic nitrogens is 4. The van der Waals surface area contributed by atoms with Crippen LogP contribution in [0, 0.1) is 6.92 Å². The van der Waals surface area contributed by atoms with Crippen molar-refractivity contribution < 1.29 is 9.47 Å². The Labute approximate surface area is 155 Å². The van der Waals surface area contributed by atoms with E-state index in [1.165, 1.54) is 5.56 Å². The number of imidazole rings is 1. The van der Waals surface area contributed by atoms with Crippen molar-refractivity contribution in [3.05, 3.63) is 66.2 Å². The molecule has 0 spiro atoms. The Morgan fingerprint density at radius 1 is 1.04 bits per heavy atom. The van der Waals surface area contributed by atoms with E-state index >= 15 is 0 Å². The van der Waals surface area contributed by atoms with E-state index in [0.29, 0.717) is 6.54 Å². The van der Waals surface area contributed by atoms with Crippen LogP contribution in [0.5, 0.6) is 11.5 Å². The summed E-state index contributed by atoms with van der Waals surface area (Å²) < 4.78 is 12.7. The lowest BCUT2D eigenvalue weighted by Gasteiger charge is -2.12. The Balaban J connectivity index is 1.50. The molecule has 0 radical (unpaired) electrons. The Bertz CT molecular complexity index is 1120. The SMILES string of the molecule is Cc1ccc2c(-n3ccnc3)nnc(NCc3ccc4c(c3)OCO4)c2c1. The van der Waals surface area contributed by atoms with Crippen molar-refractivity contribution >= 4 is 16.6 Å². The third kappa shape index (κ3) is 2.83. The van der Waals surface area contributed by atoms with Gasteiger partial charge in [0.1, 0.15) is 6.33 Å². The third-order valence-electron chi connectivity index (χ3n) is 4.56. The summed E-state index contributed by atoms with van der Waals surface area (Å²) in [7, 11) is 0. The van der Waals surface area contributed by atoms with Crippen LogP contribution in [-0.2, 0) is 6.54 Å². The van der Waals surface area contributed by atoms with Crippen LogP contribution in [0.4, 0.5) is 5.82 Å². The topological polar surface area (TPSA) is 74.1 Å². The first-order valence-electron chi connectivity index (χ1n) is 8.66. The normalized spacial score (nSPS) is 12.5. The van der Waals surface area contributed by atoms with Gasteiger partial charge in [-0.1, -0.05) is 23.8 Å². The first kappa shape index (κ1) is 15.6. The first-order valence-corrected chi connectivity index (χ1v) is 8.66. The Morgan fingerprint density at radius 3 is 2.85 bits per heavy atom. The van der Waals surface area contributed by atoms with Crippen molar-refractivity contribution in [3.8, 4) is 17.3 Å². The van der Waals surface area contributed by atoms with E-state index in [1.807, 2.05) is 29.0 Å². The molecule has 1 N–H and O–H groups in total. The van der Waals surface area contributed by atoms with Crippen molar-refractivity contribution in [2.45, 2.75) is 13.5 Å². The molecule has 3 heterocycles. The van der Waals surface area contributed by atoms with Gasteiger partial charge in [0.05, 0.1) is 0 Å². The van der Waals surface area contributed by atoms with Gasteiger partial charge in [0.15, 0.2) is 23.1 Å². The van der Waals surface area contributed by atoms with Gasteiger partial charge >= 0.3 is 0 Å². The monoisotopic (exact) mass is 359 g/mol. The summed E-state index contributed by atoms with van der Waals surface area (Å²) in [5.74, 6) is 3.06. The molecule has 7 nitrogen and oxygen atoms in total. The summed E-state index contributed by atoms with van der Waals surface area (Å²) in [6.45, 7) is 2.95. The molecule has 0 amide bonds. The van der Waals surface area contributed by atoms with Crippen LogP contribution in [0.1, 0.15) is 11.1 Å². The lowest BCUT2D eigenvalue weighted by Crippen LogP contribution is -2.06. The fourth-order valence-electron chi connectivity index (χ4n) is 3.20. The molecule has 7 heteroatoms. The van der Waals surface area contributed by atoms with Crippen LogP contribution < -0.4 is 14.8 Å². The van der Waals surface area contributed by atoms with E-state index in [-0.39, 0.29) is 6.79 Å². The van der Waals surface area contributed by atoms with Gasteiger partial charge in [-0.25, -0.2) is 4.98 Å². The average molecular weight is 359 g/mol. The molecule has 4 aromatic rings. The number of benzene rings is 2. The molecule has 2 aromatic heterocycles. The van der Waals surface area contributed by atoms with Gasteiger partial charge < -0.3 is 14.8 Å². The average Bonchev–Trinajstić information content (AvgIpc) is 3.37. The molecular formula is C20H17N5O2. The largest absolute Gasteiger partial charge is 0.454 e. The lowest BCUT2D eigenvalue weighted by molar-refractivity contribution is 0.174. The molecule has 1 aliphatic heterocycles. The smallest absolute Gasteiger partial charge is 0.231 e. The molecule has 0 bridgehead atoms. The Hall–Kier alpha value is -3.61. The van der Waals surface area contributed by atoms with Crippen LogP contribution in [0.25, 0.3) is 16.6 Å². The van der Waals surface area contributed by atoms with Crippen LogP contribution in [0.3, 0.4) is 0 Å². The van der Waals surface area contributed by atoms with Crippen LogP contribution in [-0.4, -0.2) is 26.5 Å². The fraction of sp³-hybridized carbons (Fsp3) is 0.150. The highest BCUT2D eigenvalue weighted by molar-refractivity contribution is 5.96. The van der Waals surface area contributed by atoms with Crippen molar-refractivity contribution in [1.29, 1.82) is 0 Å². The van der Waals surface area contributed by atoms with Gasteiger partial charge in [0, 0.05) is 29.7 Å². The quantitative estimate of drug-likeness (QED) is 0.601. The summed E-state index contributed by atoms with van der Waals surface area (Å²) in [5.41, 5.74) is 2.25. The van der Waals surface area contributed by atoms with Crippen molar-refractivity contribution in [1.82, 2.24) is 19.7 Å². The van der Waals surface area contributed by atoms with Gasteiger partial charge in [-0.05, 0) is 30.7 Å². The van der Waals surface area contributed by atoms with E-state index in [0.717, 1.165) is 39.5 Å². The maximum Gasteiger partial charge on any atom is 0.231 e. The molecule has 0 fully saturated rings. The molecule has 0 atom stereocenters. The minimum Gasteiger partial charge on any atom is -0.454 e. The highest BCUT2D eigenvalue weighted by Crippen LogP contribution is 2.33. The van der Waals surface area contributed by atoms with E-state index in [1.54, 1.807) is 12.5 Å². The molecule has 0 saturated carbocycles. The minimum atomic E-state index is 0.275. The molecule has 0 aliphatic carbocycles. The first-order chi connectivity index (χ1) is 13.3. The number of aryl methyl sites for hydroxylation is 1. The van der Waals surface area contributed by atoms with Crippen molar-refractivity contribution in [2.24, 2.45) is 0 Å². The second kappa shape index (κ2) is 6.28. The van der Waals surface area contributed by atoms with Gasteiger partial charge in [0.25, 0.3) is 0 Å². The third-order valence-corrected chi connectivity index (χ3v) is 4.56. The fourth-order valence-corrected chi connectivity index (χ4v) is 3.20. The summed E-state index contributed by atoms with van der Waals surface area (Å²) in [4.78, 5) is 4.11. The summed E-state index contributed by atoms with van der Waals surface area (Å²) in [5, 5.41) is 14.3. The standard InChI is InChI=1S/C20H17N5O2/c1-13-2-4-15-16(8-13)19(23-24-20(15)25-7-6-21-11-25)22-10-14-3-5-17-18(9-14)27-12-26-17/h2-9,11H,10,12H2,1H3,(H,22,23). The molecule has 0 saturated heterocycles. The predicted molar refractivity (Wildman–Crippen MR) is 101 cm³/mol. The predicted octanol–water partition coefficient (Wildman–Crippen LogP) is 3.46. The number of rotatable bonds is 4. The second-order valence-electron chi connectivity index (χ2n) is 6.43. The molecular weight excluding hydrogens is 342 g/mol. The summed E-state index contributed by atoms with van der Waals surface area (Å²) in [6, 6.07) is 12.2. The van der Waals surface area contributed by atoms with Crippen molar-refractivity contribution in [3.63, 3.8) is 0 Å². The molecule has 27 heavy (non-hydrogen) atoms. The van der Waals surface area contributed by atoms with E-state index in [4.69, 9.17) is 9.47 Å². The van der Waals surface area contributed by atoms with Gasteiger partial charge in [0.2, 0.25) is 6.79 Å². The number of nitrogens with one attached hydrogen (secondary N) is 1. The minimum absolute atomic E-state index is 0.275. The molecule has 5 rings (SSSR count). The number of anilines is 1. The Morgan fingerprint density at radius 2 is 1.96 bits per heavy atom. The maximum absolute atomic E-state index is 5.45. The zero-order valence-corrected chi connectivity index (χ0v) is 14.7. The molecule has 0 unspecified atom stereocenters.